The van der Waals surface area contributed by atoms with Crippen molar-refractivity contribution in [3.8, 4) is 11.4 Å². The SMILES string of the molecule is O=c1[nH][nH]c(-c2ccccn2)c1N=Nc1cccc(Br)c1. The van der Waals surface area contributed by atoms with E-state index in [0.717, 1.165) is 4.47 Å². The standard InChI is InChI=1S/C14H10BrN5O/c15-9-4-3-5-10(8-9)17-19-13-12(18-20-14(13)21)11-6-1-2-7-16-11/h1-8H,(H2,18,20,21). The zero-order chi connectivity index (χ0) is 14.7. The largest absolute Gasteiger partial charge is 0.294 e. The van der Waals surface area contributed by atoms with Crippen molar-refractivity contribution in [2.24, 2.45) is 10.2 Å². The van der Waals surface area contributed by atoms with Crippen LogP contribution in [-0.2, 0) is 0 Å². The summed E-state index contributed by atoms with van der Waals surface area (Å²) in [7, 11) is 0. The van der Waals surface area contributed by atoms with Gasteiger partial charge in [-0.25, -0.2) is 0 Å². The zero-order valence-electron chi connectivity index (χ0n) is 10.7. The highest BCUT2D eigenvalue weighted by molar-refractivity contribution is 9.10. The summed E-state index contributed by atoms with van der Waals surface area (Å²) < 4.78 is 0.895. The average molecular weight is 344 g/mol. The summed E-state index contributed by atoms with van der Waals surface area (Å²) in [6.07, 6.45) is 1.65. The lowest BCUT2D eigenvalue weighted by molar-refractivity contribution is 1.05. The molecular formula is C14H10BrN5O. The van der Waals surface area contributed by atoms with Gasteiger partial charge in [-0.3, -0.25) is 20.0 Å². The van der Waals surface area contributed by atoms with E-state index in [1.54, 1.807) is 24.4 Å². The van der Waals surface area contributed by atoms with Crippen molar-refractivity contribution in [2.45, 2.75) is 0 Å². The number of nitrogens with zero attached hydrogens (tertiary/aromatic N) is 3. The summed E-state index contributed by atoms with van der Waals surface area (Å²) in [4.78, 5) is 16.0. The second-order valence-electron chi connectivity index (χ2n) is 4.20. The minimum absolute atomic E-state index is 0.202. The van der Waals surface area contributed by atoms with Crippen LogP contribution in [0.25, 0.3) is 11.4 Å². The van der Waals surface area contributed by atoms with E-state index in [-0.39, 0.29) is 11.2 Å². The molecule has 2 N–H and O–H groups in total. The van der Waals surface area contributed by atoms with E-state index in [9.17, 15) is 4.79 Å². The van der Waals surface area contributed by atoms with Gasteiger partial charge in [0.05, 0.1) is 11.4 Å². The number of aromatic amines is 2. The molecule has 2 aromatic heterocycles. The molecule has 0 atom stereocenters. The Hall–Kier alpha value is -2.54. The lowest BCUT2D eigenvalue weighted by Crippen LogP contribution is -1.96. The molecule has 0 aliphatic heterocycles. The van der Waals surface area contributed by atoms with Crippen molar-refractivity contribution in [2.75, 3.05) is 0 Å². The minimum atomic E-state index is -0.339. The van der Waals surface area contributed by atoms with E-state index in [1.807, 2.05) is 24.3 Å². The molecule has 6 nitrogen and oxygen atoms in total. The van der Waals surface area contributed by atoms with Crippen LogP contribution in [0.1, 0.15) is 0 Å². The lowest BCUT2D eigenvalue weighted by atomic mass is 10.2. The van der Waals surface area contributed by atoms with Crippen LogP contribution in [0.5, 0.6) is 0 Å². The van der Waals surface area contributed by atoms with Crippen LogP contribution in [0.2, 0.25) is 0 Å². The number of azo groups is 1. The predicted molar refractivity (Wildman–Crippen MR) is 83.0 cm³/mol. The first-order valence-corrected chi connectivity index (χ1v) is 6.93. The van der Waals surface area contributed by atoms with E-state index in [4.69, 9.17) is 0 Å². The molecule has 3 rings (SSSR count). The van der Waals surface area contributed by atoms with Crippen molar-refractivity contribution < 1.29 is 0 Å². The van der Waals surface area contributed by atoms with Crippen LogP contribution in [0.4, 0.5) is 11.4 Å². The van der Waals surface area contributed by atoms with Gasteiger partial charge in [0.2, 0.25) is 0 Å². The summed E-state index contributed by atoms with van der Waals surface area (Å²) in [6.45, 7) is 0. The second-order valence-corrected chi connectivity index (χ2v) is 5.11. The number of hydrogen-bond donors (Lipinski definition) is 2. The normalized spacial score (nSPS) is 11.1. The summed E-state index contributed by atoms with van der Waals surface area (Å²) in [6, 6.07) is 12.8. The third-order valence-corrected chi connectivity index (χ3v) is 3.24. The Bertz CT molecular complexity index is 838. The average Bonchev–Trinajstić information content (AvgIpc) is 2.87. The molecule has 0 aliphatic carbocycles. The summed E-state index contributed by atoms with van der Waals surface area (Å²) in [5.74, 6) is 0. The molecule has 0 spiro atoms. The molecule has 0 saturated heterocycles. The van der Waals surface area contributed by atoms with Gasteiger partial charge in [0, 0.05) is 10.7 Å². The molecule has 2 heterocycles. The third-order valence-electron chi connectivity index (χ3n) is 2.75. The molecule has 0 saturated carbocycles. The van der Waals surface area contributed by atoms with Gasteiger partial charge in [-0.15, -0.1) is 5.11 Å². The second kappa shape index (κ2) is 5.84. The molecule has 21 heavy (non-hydrogen) atoms. The Morgan fingerprint density at radius 1 is 1.05 bits per heavy atom. The number of pyridine rings is 1. The number of halogens is 1. The third kappa shape index (κ3) is 2.97. The van der Waals surface area contributed by atoms with E-state index >= 15 is 0 Å². The zero-order valence-corrected chi connectivity index (χ0v) is 12.3. The van der Waals surface area contributed by atoms with Gasteiger partial charge in [0.15, 0.2) is 5.69 Å². The maximum Gasteiger partial charge on any atom is 0.292 e. The fraction of sp³-hybridized carbons (Fsp3) is 0. The first-order valence-electron chi connectivity index (χ1n) is 6.13. The van der Waals surface area contributed by atoms with E-state index in [1.165, 1.54) is 0 Å². The summed E-state index contributed by atoms with van der Waals surface area (Å²) in [5.41, 5.74) is 1.65. The highest BCUT2D eigenvalue weighted by atomic mass is 79.9. The minimum Gasteiger partial charge on any atom is -0.294 e. The van der Waals surface area contributed by atoms with Crippen molar-refractivity contribution in [3.63, 3.8) is 0 Å². The highest BCUT2D eigenvalue weighted by Gasteiger charge is 2.12. The predicted octanol–water partition coefficient (Wildman–Crippen LogP) is 3.94. The molecule has 0 radical (unpaired) electrons. The molecule has 3 aromatic rings. The van der Waals surface area contributed by atoms with Crippen LogP contribution in [0.3, 0.4) is 0 Å². The quantitative estimate of drug-likeness (QED) is 0.705. The van der Waals surface area contributed by atoms with E-state index in [2.05, 4.69) is 41.3 Å². The van der Waals surface area contributed by atoms with E-state index < -0.39 is 0 Å². The molecule has 0 amide bonds. The van der Waals surface area contributed by atoms with Gasteiger partial charge in [-0.1, -0.05) is 28.1 Å². The van der Waals surface area contributed by atoms with Crippen LogP contribution >= 0.6 is 15.9 Å². The topological polar surface area (TPSA) is 86.3 Å². The van der Waals surface area contributed by atoms with Gasteiger partial charge in [0.1, 0.15) is 5.69 Å². The Morgan fingerprint density at radius 2 is 1.95 bits per heavy atom. The van der Waals surface area contributed by atoms with Gasteiger partial charge in [-0.05, 0) is 30.3 Å². The fourth-order valence-electron chi connectivity index (χ4n) is 1.79. The molecular weight excluding hydrogens is 334 g/mol. The molecule has 0 fully saturated rings. The molecule has 0 bridgehead atoms. The Kier molecular flexibility index (Phi) is 3.74. The molecule has 0 unspecified atom stereocenters. The summed E-state index contributed by atoms with van der Waals surface area (Å²) in [5, 5.41) is 13.4. The van der Waals surface area contributed by atoms with Crippen molar-refractivity contribution in [1.82, 2.24) is 15.2 Å². The van der Waals surface area contributed by atoms with Gasteiger partial charge >= 0.3 is 0 Å². The number of benzene rings is 1. The maximum atomic E-state index is 11.8. The van der Waals surface area contributed by atoms with Gasteiger partial charge in [-0.2, -0.15) is 5.11 Å². The molecule has 0 aliphatic rings. The first-order chi connectivity index (χ1) is 10.2. The Morgan fingerprint density at radius 3 is 2.71 bits per heavy atom. The Balaban J connectivity index is 2.00. The van der Waals surface area contributed by atoms with Gasteiger partial charge in [0.25, 0.3) is 5.56 Å². The maximum absolute atomic E-state index is 11.8. The number of rotatable bonds is 3. The monoisotopic (exact) mass is 343 g/mol. The van der Waals surface area contributed by atoms with Crippen LogP contribution in [0, 0.1) is 0 Å². The number of hydrogen-bond acceptors (Lipinski definition) is 4. The fourth-order valence-corrected chi connectivity index (χ4v) is 2.18. The smallest absolute Gasteiger partial charge is 0.292 e. The molecule has 7 heteroatoms. The molecule has 104 valence electrons. The van der Waals surface area contributed by atoms with Crippen LogP contribution < -0.4 is 5.56 Å². The summed E-state index contributed by atoms with van der Waals surface area (Å²) >= 11 is 3.36. The van der Waals surface area contributed by atoms with Crippen molar-refractivity contribution in [1.29, 1.82) is 0 Å². The first kappa shape index (κ1) is 13.4. The van der Waals surface area contributed by atoms with Crippen LogP contribution in [0.15, 0.2) is 68.2 Å². The van der Waals surface area contributed by atoms with Gasteiger partial charge < -0.3 is 0 Å². The number of aromatic nitrogens is 3. The Labute approximate surface area is 128 Å². The highest BCUT2D eigenvalue weighted by Crippen LogP contribution is 2.25. The lowest BCUT2D eigenvalue weighted by Gasteiger charge is -1.97. The van der Waals surface area contributed by atoms with E-state index in [0.29, 0.717) is 17.1 Å². The van der Waals surface area contributed by atoms with Crippen molar-refractivity contribution in [3.05, 3.63) is 63.5 Å². The van der Waals surface area contributed by atoms with Crippen LogP contribution in [-0.4, -0.2) is 15.2 Å². The van der Waals surface area contributed by atoms with Crippen molar-refractivity contribution >= 4 is 27.3 Å². The molecule has 1 aromatic carbocycles. The number of nitrogens with one attached hydrogen (secondary N) is 2. The number of H-pyrrole nitrogens is 2.